The van der Waals surface area contributed by atoms with Crippen molar-refractivity contribution in [2.45, 2.75) is 41.7 Å². The fourth-order valence-corrected chi connectivity index (χ4v) is 6.68. The summed E-state index contributed by atoms with van der Waals surface area (Å²) >= 11 is 3.10. The molecule has 9 heteroatoms. The molecule has 4 nitrogen and oxygen atoms in total. The minimum atomic E-state index is -2.56. The first-order valence-corrected chi connectivity index (χ1v) is 11.8. The average molecular weight is 446 g/mol. The zero-order valence-corrected chi connectivity index (χ0v) is 18.9. The zero-order valence-electron chi connectivity index (χ0n) is 16.4. The number of aryl methyl sites for hydroxylation is 1. The smallest absolute Gasteiger partial charge is 0.251 e. The standard InChI is InChI=1S/C19H25F2N3OS3/c1-13-17(28(25)23(3)4)14(2)26-18(13)27-22-15-7-5-6-8-16(15)24-11-9-19(20,21)10-12-24/h5-8,22H,9-12H2,1-4H3. The molecule has 3 rings (SSSR count). The van der Waals surface area contributed by atoms with E-state index in [1.54, 1.807) is 29.7 Å². The second-order valence-electron chi connectivity index (χ2n) is 7.03. The lowest BCUT2D eigenvalue weighted by Gasteiger charge is -2.34. The molecule has 0 amide bonds. The van der Waals surface area contributed by atoms with E-state index >= 15 is 0 Å². The minimum absolute atomic E-state index is 0.114. The number of para-hydroxylation sites is 2. The van der Waals surface area contributed by atoms with Gasteiger partial charge in [-0.05, 0) is 57.6 Å². The van der Waals surface area contributed by atoms with Crippen molar-refractivity contribution in [1.82, 2.24) is 4.31 Å². The molecule has 1 aliphatic rings. The van der Waals surface area contributed by atoms with Gasteiger partial charge in [-0.2, -0.15) is 0 Å². The Morgan fingerprint density at radius 2 is 1.86 bits per heavy atom. The van der Waals surface area contributed by atoms with Crippen molar-refractivity contribution < 1.29 is 13.0 Å². The van der Waals surface area contributed by atoms with E-state index in [9.17, 15) is 13.0 Å². The van der Waals surface area contributed by atoms with Crippen LogP contribution in [0, 0.1) is 13.8 Å². The molecule has 154 valence electrons. The molecular weight excluding hydrogens is 420 g/mol. The molecule has 1 N–H and O–H groups in total. The fourth-order valence-electron chi connectivity index (χ4n) is 3.16. The van der Waals surface area contributed by atoms with Crippen LogP contribution >= 0.6 is 23.3 Å². The number of hydrogen-bond acceptors (Lipinski definition) is 5. The summed E-state index contributed by atoms with van der Waals surface area (Å²) in [6.07, 6.45) is -0.227. The average Bonchev–Trinajstić information content (AvgIpc) is 2.93. The molecule has 0 spiro atoms. The van der Waals surface area contributed by atoms with E-state index in [2.05, 4.69) is 4.72 Å². The number of nitrogens with one attached hydrogen (secondary N) is 1. The molecule has 1 unspecified atom stereocenters. The maximum atomic E-state index is 13.5. The largest absolute Gasteiger partial charge is 0.369 e. The maximum absolute atomic E-state index is 13.5. The molecule has 1 atom stereocenters. The number of thiophene rings is 1. The van der Waals surface area contributed by atoms with Gasteiger partial charge in [0.1, 0.15) is 11.0 Å². The molecule has 2 heterocycles. The van der Waals surface area contributed by atoms with E-state index in [0.717, 1.165) is 30.9 Å². The first-order chi connectivity index (χ1) is 13.2. The molecule has 0 saturated carbocycles. The van der Waals surface area contributed by atoms with Crippen LogP contribution < -0.4 is 9.62 Å². The molecule has 0 aliphatic carbocycles. The summed E-state index contributed by atoms with van der Waals surface area (Å²) < 4.78 is 45.7. The molecule has 2 aromatic rings. The van der Waals surface area contributed by atoms with Gasteiger partial charge in [0.25, 0.3) is 5.92 Å². The lowest BCUT2D eigenvalue weighted by molar-refractivity contribution is -0.0220. The normalized spacial score (nSPS) is 17.8. The Morgan fingerprint density at radius 1 is 1.21 bits per heavy atom. The Morgan fingerprint density at radius 3 is 2.50 bits per heavy atom. The molecule has 28 heavy (non-hydrogen) atoms. The summed E-state index contributed by atoms with van der Waals surface area (Å²) in [5.74, 6) is -2.56. The third kappa shape index (κ3) is 4.69. The predicted octanol–water partition coefficient (Wildman–Crippen LogP) is 5.30. The SMILES string of the molecule is Cc1sc(SNc2ccccc2N2CCC(F)(F)CC2)c(C)c1S(=O)N(C)C. The number of anilines is 2. The third-order valence-electron chi connectivity index (χ3n) is 4.71. The van der Waals surface area contributed by atoms with Crippen LogP contribution in [0.1, 0.15) is 23.3 Å². The van der Waals surface area contributed by atoms with Crippen molar-refractivity contribution in [3.8, 4) is 0 Å². The van der Waals surface area contributed by atoms with Crippen molar-refractivity contribution in [3.05, 3.63) is 34.7 Å². The van der Waals surface area contributed by atoms with Gasteiger partial charge in [0.2, 0.25) is 0 Å². The number of piperidine rings is 1. The van der Waals surface area contributed by atoms with E-state index in [-0.39, 0.29) is 12.8 Å². The van der Waals surface area contributed by atoms with Crippen molar-refractivity contribution >= 4 is 45.6 Å². The summed E-state index contributed by atoms with van der Waals surface area (Å²) in [5, 5.41) is 0. The van der Waals surface area contributed by atoms with Gasteiger partial charge in [0.05, 0.1) is 20.5 Å². The monoisotopic (exact) mass is 445 g/mol. The van der Waals surface area contributed by atoms with E-state index < -0.39 is 16.9 Å². The first-order valence-electron chi connectivity index (χ1n) is 9.03. The van der Waals surface area contributed by atoms with Crippen molar-refractivity contribution in [3.63, 3.8) is 0 Å². The second-order valence-corrected chi connectivity index (χ2v) is 11.0. The lowest BCUT2D eigenvalue weighted by atomic mass is 10.1. The highest BCUT2D eigenvalue weighted by atomic mass is 32.2. The molecule has 1 fully saturated rings. The van der Waals surface area contributed by atoms with E-state index in [1.165, 1.54) is 11.9 Å². The van der Waals surface area contributed by atoms with Crippen LogP contribution in [0.15, 0.2) is 33.4 Å². The highest BCUT2D eigenvalue weighted by Crippen LogP contribution is 2.40. The summed E-state index contributed by atoms with van der Waals surface area (Å²) in [5.41, 5.74) is 2.86. The van der Waals surface area contributed by atoms with Gasteiger partial charge in [-0.15, -0.1) is 11.3 Å². The highest BCUT2D eigenvalue weighted by molar-refractivity contribution is 8.02. The van der Waals surface area contributed by atoms with Crippen LogP contribution in [-0.4, -0.2) is 41.6 Å². The van der Waals surface area contributed by atoms with Crippen LogP contribution in [0.4, 0.5) is 20.2 Å². The third-order valence-corrected chi connectivity index (χ3v) is 8.78. The van der Waals surface area contributed by atoms with Crippen molar-refractivity contribution in [2.24, 2.45) is 0 Å². The molecule has 1 aromatic carbocycles. The zero-order chi connectivity index (χ0) is 20.5. The topological polar surface area (TPSA) is 35.6 Å². The molecular formula is C19H25F2N3OS3. The quantitative estimate of drug-likeness (QED) is 0.612. The Balaban J connectivity index is 1.76. The number of rotatable bonds is 6. The van der Waals surface area contributed by atoms with Gasteiger partial charge < -0.3 is 9.62 Å². The Labute approximate surface area is 176 Å². The van der Waals surface area contributed by atoms with Crippen molar-refractivity contribution in [2.75, 3.05) is 36.8 Å². The Kier molecular flexibility index (Phi) is 6.69. The molecule has 1 saturated heterocycles. The second kappa shape index (κ2) is 8.69. The van der Waals surface area contributed by atoms with Crippen LogP contribution in [0.5, 0.6) is 0 Å². The predicted molar refractivity (Wildman–Crippen MR) is 116 cm³/mol. The fraction of sp³-hybridized carbons (Fsp3) is 0.474. The van der Waals surface area contributed by atoms with Crippen LogP contribution in [-0.2, 0) is 11.0 Å². The molecule has 1 aliphatic heterocycles. The first kappa shape index (κ1) is 21.5. The number of alkyl halides is 2. The number of halogens is 2. The number of hydrogen-bond donors (Lipinski definition) is 1. The molecule has 0 radical (unpaired) electrons. The van der Waals surface area contributed by atoms with Gasteiger partial charge in [-0.3, -0.25) is 0 Å². The highest BCUT2D eigenvalue weighted by Gasteiger charge is 2.34. The number of nitrogens with zero attached hydrogens (tertiary/aromatic N) is 2. The van der Waals surface area contributed by atoms with E-state index in [0.29, 0.717) is 13.1 Å². The number of benzene rings is 1. The van der Waals surface area contributed by atoms with Crippen molar-refractivity contribution in [1.29, 1.82) is 0 Å². The van der Waals surface area contributed by atoms with Gasteiger partial charge in [0, 0.05) is 30.8 Å². The minimum Gasteiger partial charge on any atom is -0.369 e. The van der Waals surface area contributed by atoms with Gasteiger partial charge >= 0.3 is 0 Å². The summed E-state index contributed by atoms with van der Waals surface area (Å²) in [7, 11) is 2.43. The van der Waals surface area contributed by atoms with Crippen LogP contribution in [0.3, 0.4) is 0 Å². The summed E-state index contributed by atoms with van der Waals surface area (Å²) in [6.45, 7) is 4.67. The lowest BCUT2D eigenvalue weighted by Crippen LogP contribution is -2.39. The van der Waals surface area contributed by atoms with Gasteiger partial charge in [-0.25, -0.2) is 17.3 Å². The Bertz CT molecular complexity index is 860. The summed E-state index contributed by atoms with van der Waals surface area (Å²) in [4.78, 5) is 3.92. The molecule has 0 bridgehead atoms. The maximum Gasteiger partial charge on any atom is 0.251 e. The van der Waals surface area contributed by atoms with Crippen LogP contribution in [0.25, 0.3) is 0 Å². The summed E-state index contributed by atoms with van der Waals surface area (Å²) in [6, 6.07) is 7.79. The van der Waals surface area contributed by atoms with E-state index in [4.69, 9.17) is 0 Å². The Hall–Kier alpha value is -1.16. The van der Waals surface area contributed by atoms with Gasteiger partial charge in [0.15, 0.2) is 0 Å². The molecule has 1 aromatic heterocycles. The van der Waals surface area contributed by atoms with Crippen LogP contribution in [0.2, 0.25) is 0 Å². The van der Waals surface area contributed by atoms with Gasteiger partial charge in [-0.1, -0.05) is 12.1 Å². The van der Waals surface area contributed by atoms with E-state index in [1.807, 2.05) is 43.0 Å².